The summed E-state index contributed by atoms with van der Waals surface area (Å²) in [7, 11) is 0. The molecule has 86 valence electrons. The summed E-state index contributed by atoms with van der Waals surface area (Å²) in [5.74, 6) is 1.52. The highest BCUT2D eigenvalue weighted by atomic mass is 16.5. The van der Waals surface area contributed by atoms with Gasteiger partial charge in [0.2, 0.25) is 5.84 Å². The summed E-state index contributed by atoms with van der Waals surface area (Å²) in [6.07, 6.45) is 3.81. The summed E-state index contributed by atoms with van der Waals surface area (Å²) in [5.41, 5.74) is 0. The van der Waals surface area contributed by atoms with Gasteiger partial charge in [-0.3, -0.25) is 9.48 Å². The third-order valence-electron chi connectivity index (χ3n) is 3.16. The van der Waals surface area contributed by atoms with Crippen LogP contribution >= 0.6 is 0 Å². The molecule has 4 nitrogen and oxygen atoms in total. The first-order chi connectivity index (χ1) is 7.42. The molecule has 0 radical (unpaired) electrons. The Kier molecular flexibility index (Phi) is 3.97. The molecule has 0 saturated carbocycles. The Bertz CT molecular complexity index is 241. The van der Waals surface area contributed by atoms with Crippen molar-refractivity contribution in [2.75, 3.05) is 46.0 Å². The van der Waals surface area contributed by atoms with Crippen LogP contribution in [0.15, 0.2) is 0 Å². The summed E-state index contributed by atoms with van der Waals surface area (Å²) in [6.45, 7) is 5.96. The van der Waals surface area contributed by atoms with Gasteiger partial charge in [0, 0.05) is 6.42 Å². The Morgan fingerprint density at radius 3 is 3.00 bits per heavy atom. The highest BCUT2D eigenvalue weighted by Crippen LogP contribution is 2.13. The molecule has 15 heavy (non-hydrogen) atoms. The van der Waals surface area contributed by atoms with E-state index in [0.29, 0.717) is 6.61 Å². The lowest BCUT2D eigenvalue weighted by molar-refractivity contribution is -0.530. The predicted molar refractivity (Wildman–Crippen MR) is 58.3 cm³/mol. The molecule has 2 heterocycles. The van der Waals surface area contributed by atoms with Crippen LogP contribution in [0.25, 0.3) is 0 Å². The lowest BCUT2D eigenvalue weighted by Crippen LogP contribution is -2.43. The summed E-state index contributed by atoms with van der Waals surface area (Å²) >= 11 is 0. The van der Waals surface area contributed by atoms with Crippen molar-refractivity contribution in [2.24, 2.45) is 0 Å². The maximum atomic E-state index is 8.60. The van der Waals surface area contributed by atoms with E-state index in [2.05, 4.69) is 9.48 Å². The smallest absolute Gasteiger partial charge is 0.247 e. The molecule has 2 aliphatic heterocycles. The van der Waals surface area contributed by atoms with E-state index < -0.39 is 0 Å². The number of ether oxygens (including phenoxy) is 1. The fourth-order valence-electron chi connectivity index (χ4n) is 2.48. The van der Waals surface area contributed by atoms with Crippen molar-refractivity contribution in [3.63, 3.8) is 0 Å². The molecule has 0 aromatic heterocycles. The Hall–Kier alpha value is -0.610. The average Bonchev–Trinajstić information content (AvgIpc) is 2.73. The molecule has 0 fully saturated rings. The van der Waals surface area contributed by atoms with Crippen molar-refractivity contribution in [1.29, 1.82) is 0 Å². The quantitative estimate of drug-likeness (QED) is 0.512. The van der Waals surface area contributed by atoms with E-state index in [4.69, 9.17) is 9.84 Å². The molecule has 0 spiro atoms. The van der Waals surface area contributed by atoms with Crippen LogP contribution in [0, 0.1) is 0 Å². The van der Waals surface area contributed by atoms with Gasteiger partial charge in [-0.05, 0) is 6.42 Å². The zero-order chi connectivity index (χ0) is 10.5. The lowest BCUT2D eigenvalue weighted by Gasteiger charge is -2.23. The monoisotopic (exact) mass is 213 g/mol. The maximum Gasteiger partial charge on any atom is 0.247 e. The Balaban J connectivity index is 1.78. The number of hydrogen-bond acceptors (Lipinski definition) is 3. The van der Waals surface area contributed by atoms with E-state index in [9.17, 15) is 0 Å². The van der Waals surface area contributed by atoms with E-state index >= 15 is 0 Å². The molecule has 0 saturated heterocycles. The van der Waals surface area contributed by atoms with Crippen molar-refractivity contribution < 1.29 is 14.4 Å². The third-order valence-corrected chi connectivity index (χ3v) is 3.16. The number of nitrogens with zero attached hydrogens (tertiary/aromatic N) is 2. The zero-order valence-corrected chi connectivity index (χ0v) is 9.32. The second-order valence-electron chi connectivity index (χ2n) is 4.18. The van der Waals surface area contributed by atoms with Gasteiger partial charge < -0.3 is 9.84 Å². The maximum absolute atomic E-state index is 8.60. The minimum absolute atomic E-state index is 0.128. The third kappa shape index (κ3) is 2.69. The molecular formula is C11H21N2O2+. The van der Waals surface area contributed by atoms with E-state index in [0.717, 1.165) is 13.2 Å². The molecule has 2 rings (SSSR count). The Morgan fingerprint density at radius 1 is 1.27 bits per heavy atom. The second kappa shape index (κ2) is 5.47. The van der Waals surface area contributed by atoms with Crippen LogP contribution in [0.1, 0.15) is 19.3 Å². The molecule has 1 N–H and O–H groups in total. The first-order valence-corrected chi connectivity index (χ1v) is 5.96. The number of hydrogen-bond donors (Lipinski definition) is 1. The van der Waals surface area contributed by atoms with E-state index in [1.54, 1.807) is 0 Å². The predicted octanol–water partition coefficient (Wildman–Crippen LogP) is -0.0942. The molecule has 0 aromatic rings. The number of amidine groups is 1. The number of rotatable bonds is 5. The minimum atomic E-state index is 0.128. The van der Waals surface area contributed by atoms with Gasteiger partial charge in [0.05, 0.1) is 45.9 Å². The minimum Gasteiger partial charge on any atom is -0.394 e. The fourth-order valence-corrected chi connectivity index (χ4v) is 2.48. The van der Waals surface area contributed by atoms with Crippen molar-refractivity contribution >= 4 is 5.84 Å². The second-order valence-corrected chi connectivity index (χ2v) is 4.18. The summed E-state index contributed by atoms with van der Waals surface area (Å²) in [5, 5.41) is 8.60. The first-order valence-electron chi connectivity index (χ1n) is 5.96. The molecule has 4 heteroatoms. The van der Waals surface area contributed by atoms with Gasteiger partial charge in [-0.25, -0.2) is 0 Å². The van der Waals surface area contributed by atoms with E-state index in [1.165, 1.54) is 44.7 Å². The molecular weight excluding hydrogens is 192 g/mol. The highest BCUT2D eigenvalue weighted by molar-refractivity contribution is 5.78. The normalized spacial score (nSPS) is 21.0. The molecule has 0 aromatic carbocycles. The summed E-state index contributed by atoms with van der Waals surface area (Å²) in [6, 6.07) is 0. The molecule has 0 amide bonds. The molecule has 2 aliphatic rings. The number of aliphatic hydroxyl groups is 1. The topological polar surface area (TPSA) is 35.7 Å². The van der Waals surface area contributed by atoms with Crippen LogP contribution in [-0.2, 0) is 4.74 Å². The van der Waals surface area contributed by atoms with Crippen molar-refractivity contribution in [1.82, 2.24) is 4.90 Å². The van der Waals surface area contributed by atoms with Crippen LogP contribution in [0.3, 0.4) is 0 Å². The zero-order valence-electron chi connectivity index (χ0n) is 9.32. The van der Waals surface area contributed by atoms with Crippen LogP contribution in [-0.4, -0.2) is 66.4 Å². The van der Waals surface area contributed by atoms with E-state index in [-0.39, 0.29) is 6.61 Å². The van der Waals surface area contributed by atoms with Gasteiger partial charge in [0.1, 0.15) is 6.54 Å². The Labute approximate surface area is 91.1 Å². The lowest BCUT2D eigenvalue weighted by atomic mass is 10.2. The van der Waals surface area contributed by atoms with Gasteiger partial charge in [-0.2, -0.15) is 0 Å². The largest absolute Gasteiger partial charge is 0.394 e. The van der Waals surface area contributed by atoms with Crippen LogP contribution in [0.5, 0.6) is 0 Å². The standard InChI is InChI=1S/C11H21N2O2/c14-8-10-15-9-7-13-6-2-5-12-4-1-3-11(12)13/h14H,1-10H2/q+1. The Morgan fingerprint density at radius 2 is 2.13 bits per heavy atom. The summed E-state index contributed by atoms with van der Waals surface area (Å²) < 4.78 is 7.82. The first kappa shape index (κ1) is 10.9. The molecule has 0 unspecified atom stereocenters. The van der Waals surface area contributed by atoms with Gasteiger partial charge >= 0.3 is 0 Å². The average molecular weight is 213 g/mol. The molecule has 0 bridgehead atoms. The van der Waals surface area contributed by atoms with Gasteiger partial charge in [0.25, 0.3) is 0 Å². The SMILES string of the molecule is OCCOCCN1CCC[N+]2=C1CCC2. The summed E-state index contributed by atoms with van der Waals surface area (Å²) in [4.78, 5) is 2.45. The molecule has 0 atom stereocenters. The van der Waals surface area contributed by atoms with Crippen molar-refractivity contribution in [2.45, 2.75) is 19.3 Å². The van der Waals surface area contributed by atoms with Crippen LogP contribution < -0.4 is 0 Å². The fraction of sp³-hybridized carbons (Fsp3) is 0.909. The van der Waals surface area contributed by atoms with Crippen LogP contribution in [0.4, 0.5) is 0 Å². The van der Waals surface area contributed by atoms with Gasteiger partial charge in [-0.1, -0.05) is 0 Å². The number of aliphatic hydroxyl groups excluding tert-OH is 1. The van der Waals surface area contributed by atoms with Gasteiger partial charge in [0.15, 0.2) is 0 Å². The molecule has 0 aliphatic carbocycles. The highest BCUT2D eigenvalue weighted by Gasteiger charge is 2.30. The van der Waals surface area contributed by atoms with E-state index in [1.807, 2.05) is 0 Å². The van der Waals surface area contributed by atoms with Crippen molar-refractivity contribution in [3.05, 3.63) is 0 Å². The van der Waals surface area contributed by atoms with Crippen molar-refractivity contribution in [3.8, 4) is 0 Å². The van der Waals surface area contributed by atoms with Gasteiger partial charge in [-0.15, -0.1) is 0 Å². The van der Waals surface area contributed by atoms with Crippen LogP contribution in [0.2, 0.25) is 0 Å².